The van der Waals surface area contributed by atoms with E-state index in [1.807, 2.05) is 0 Å². The molecule has 1 aromatic rings. The Bertz CT molecular complexity index is 737. The molecule has 4 saturated carbocycles. The highest BCUT2D eigenvalue weighted by Crippen LogP contribution is 2.56. The number of ether oxygens (including phenoxy) is 1. The van der Waals surface area contributed by atoms with Gasteiger partial charge in [-0.25, -0.2) is 9.18 Å². The van der Waals surface area contributed by atoms with E-state index in [0.717, 1.165) is 37.5 Å². The molecule has 2 amide bonds. The third-order valence-corrected chi connectivity index (χ3v) is 6.81. The third-order valence-electron chi connectivity index (χ3n) is 6.81. The van der Waals surface area contributed by atoms with Crippen LogP contribution in [0, 0.1) is 35.4 Å². The van der Waals surface area contributed by atoms with Gasteiger partial charge in [0.15, 0.2) is 0 Å². The molecule has 0 atom stereocenters. The van der Waals surface area contributed by atoms with Crippen LogP contribution in [0.3, 0.4) is 0 Å². The summed E-state index contributed by atoms with van der Waals surface area (Å²) in [4.78, 5) is 26.2. The number of halogens is 1. The molecule has 4 bridgehead atoms. The first-order valence-electron chi connectivity index (χ1n) is 9.63. The van der Waals surface area contributed by atoms with Gasteiger partial charge in [-0.3, -0.25) is 9.69 Å². The van der Waals surface area contributed by atoms with Gasteiger partial charge in [-0.15, -0.1) is 0 Å². The van der Waals surface area contributed by atoms with E-state index in [1.165, 1.54) is 23.5 Å². The molecule has 4 aliphatic carbocycles. The smallest absolute Gasteiger partial charge is 0.414 e. The summed E-state index contributed by atoms with van der Waals surface area (Å²) in [6, 6.07) is 4.38. The Hall–Kier alpha value is -2.11. The summed E-state index contributed by atoms with van der Waals surface area (Å²) < 4.78 is 19.2. The van der Waals surface area contributed by atoms with Gasteiger partial charge in [0.05, 0.1) is 12.2 Å². The molecule has 1 saturated heterocycles. The third kappa shape index (κ3) is 2.58. The highest BCUT2D eigenvalue weighted by Gasteiger charge is 2.50. The molecular weight excluding hydrogens is 335 g/mol. The summed E-state index contributed by atoms with van der Waals surface area (Å²) in [6.07, 6.45) is 5.49. The van der Waals surface area contributed by atoms with E-state index >= 15 is 0 Å². The van der Waals surface area contributed by atoms with Gasteiger partial charge in [0.2, 0.25) is 5.91 Å². The molecule has 26 heavy (non-hydrogen) atoms. The Morgan fingerprint density at radius 3 is 2.42 bits per heavy atom. The van der Waals surface area contributed by atoms with Crippen LogP contribution < -0.4 is 10.2 Å². The van der Waals surface area contributed by atoms with Crippen LogP contribution in [0.25, 0.3) is 0 Å². The molecule has 5 aliphatic rings. The maximum atomic E-state index is 14.3. The molecule has 0 spiro atoms. The van der Waals surface area contributed by atoms with Crippen molar-refractivity contribution < 1.29 is 18.7 Å². The van der Waals surface area contributed by atoms with Crippen molar-refractivity contribution in [3.8, 4) is 0 Å². The number of amides is 2. The Balaban J connectivity index is 1.36. The molecule has 6 heteroatoms. The van der Waals surface area contributed by atoms with E-state index < -0.39 is 11.9 Å². The quantitative estimate of drug-likeness (QED) is 0.894. The van der Waals surface area contributed by atoms with Gasteiger partial charge < -0.3 is 10.1 Å². The molecule has 5 nitrogen and oxygen atoms in total. The number of carbonyl (C=O) groups excluding carboxylic acids is 2. The van der Waals surface area contributed by atoms with Crippen molar-refractivity contribution in [1.29, 1.82) is 0 Å². The molecular formula is C20H23FN2O3. The van der Waals surface area contributed by atoms with Gasteiger partial charge in [-0.2, -0.15) is 0 Å². The van der Waals surface area contributed by atoms with Crippen LogP contribution in [0.5, 0.6) is 0 Å². The number of anilines is 2. The van der Waals surface area contributed by atoms with Crippen molar-refractivity contribution in [3.63, 3.8) is 0 Å². The number of benzene rings is 1. The second kappa shape index (κ2) is 5.96. The summed E-state index contributed by atoms with van der Waals surface area (Å²) >= 11 is 0. The standard InChI is InChI=1S/C20H23FN2O3/c21-16-2-1-15(23-3-4-26-20(23)25)10-17(16)22-19(24)18-13-6-11-5-12(8-13)9-14(18)7-11/h1-2,10-14,18H,3-9H2,(H,22,24). The number of nitrogens with zero attached hydrogens (tertiary/aromatic N) is 1. The first kappa shape index (κ1) is 16.1. The van der Waals surface area contributed by atoms with Crippen LogP contribution in [0.2, 0.25) is 0 Å². The highest BCUT2D eigenvalue weighted by molar-refractivity contribution is 5.95. The average molecular weight is 358 g/mol. The van der Waals surface area contributed by atoms with Crippen molar-refractivity contribution in [2.75, 3.05) is 23.4 Å². The van der Waals surface area contributed by atoms with Gasteiger partial charge in [0, 0.05) is 11.6 Å². The van der Waals surface area contributed by atoms with Crippen LogP contribution in [-0.4, -0.2) is 25.2 Å². The maximum Gasteiger partial charge on any atom is 0.414 e. The minimum absolute atomic E-state index is 0.00241. The SMILES string of the molecule is O=C(Nc1cc(N2CCOC2=O)ccc1F)C1C2CC3CC(C2)CC1C3. The van der Waals surface area contributed by atoms with Gasteiger partial charge in [0.25, 0.3) is 0 Å². The average Bonchev–Trinajstić information content (AvgIpc) is 3.02. The fourth-order valence-electron chi connectivity index (χ4n) is 5.97. The van der Waals surface area contributed by atoms with E-state index in [4.69, 9.17) is 4.74 Å². The number of carbonyl (C=O) groups is 2. The van der Waals surface area contributed by atoms with Crippen molar-refractivity contribution in [3.05, 3.63) is 24.0 Å². The summed E-state index contributed by atoms with van der Waals surface area (Å²) in [7, 11) is 0. The van der Waals surface area contributed by atoms with E-state index in [2.05, 4.69) is 5.32 Å². The monoisotopic (exact) mass is 358 g/mol. The van der Waals surface area contributed by atoms with Crippen molar-refractivity contribution in [2.24, 2.45) is 29.6 Å². The minimum atomic E-state index is -0.474. The molecule has 6 rings (SSSR count). The van der Waals surface area contributed by atoms with Crippen LogP contribution in [0.4, 0.5) is 20.6 Å². The zero-order chi connectivity index (χ0) is 17.8. The van der Waals surface area contributed by atoms with Crippen LogP contribution in [-0.2, 0) is 9.53 Å². The molecule has 1 aromatic carbocycles. The predicted octanol–water partition coefficient (Wildman–Crippen LogP) is 3.79. The largest absolute Gasteiger partial charge is 0.447 e. The van der Waals surface area contributed by atoms with E-state index in [-0.39, 0.29) is 17.5 Å². The fraction of sp³-hybridized carbons (Fsp3) is 0.600. The van der Waals surface area contributed by atoms with Gasteiger partial charge >= 0.3 is 6.09 Å². The second-order valence-corrected chi connectivity index (χ2v) is 8.38. The number of rotatable bonds is 3. The Labute approximate surface area is 151 Å². The lowest BCUT2D eigenvalue weighted by Gasteiger charge is -2.53. The van der Waals surface area contributed by atoms with Gasteiger partial charge in [-0.05, 0) is 74.0 Å². The van der Waals surface area contributed by atoms with Crippen molar-refractivity contribution in [2.45, 2.75) is 32.1 Å². The Kier molecular flexibility index (Phi) is 3.69. The molecule has 1 N–H and O–H groups in total. The predicted molar refractivity (Wildman–Crippen MR) is 94.3 cm³/mol. The normalized spacial score (nSPS) is 34.9. The molecule has 0 aromatic heterocycles. The van der Waals surface area contributed by atoms with Crippen LogP contribution >= 0.6 is 0 Å². The second-order valence-electron chi connectivity index (χ2n) is 8.38. The van der Waals surface area contributed by atoms with Crippen molar-refractivity contribution in [1.82, 2.24) is 0 Å². The van der Waals surface area contributed by atoms with Crippen LogP contribution in [0.15, 0.2) is 18.2 Å². The summed E-state index contributed by atoms with van der Waals surface area (Å²) in [6.45, 7) is 0.763. The number of nitrogens with one attached hydrogen (secondary N) is 1. The minimum Gasteiger partial charge on any atom is -0.447 e. The first-order chi connectivity index (χ1) is 12.6. The lowest BCUT2D eigenvalue weighted by Crippen LogP contribution is -2.49. The lowest BCUT2D eigenvalue weighted by atomic mass is 9.51. The lowest BCUT2D eigenvalue weighted by molar-refractivity contribution is -0.132. The molecule has 138 valence electrons. The molecule has 5 fully saturated rings. The number of hydrogen-bond acceptors (Lipinski definition) is 3. The van der Waals surface area contributed by atoms with E-state index in [9.17, 15) is 14.0 Å². The van der Waals surface area contributed by atoms with Gasteiger partial charge in [0.1, 0.15) is 12.4 Å². The van der Waals surface area contributed by atoms with E-state index in [1.54, 1.807) is 6.07 Å². The fourth-order valence-corrected chi connectivity index (χ4v) is 5.97. The molecule has 0 radical (unpaired) electrons. The summed E-state index contributed by atoms with van der Waals surface area (Å²) in [5.74, 6) is 1.96. The topological polar surface area (TPSA) is 58.6 Å². The summed E-state index contributed by atoms with van der Waals surface area (Å²) in [5.41, 5.74) is 0.704. The Morgan fingerprint density at radius 2 is 1.81 bits per heavy atom. The maximum absolute atomic E-state index is 14.3. The number of hydrogen-bond donors (Lipinski definition) is 1. The summed E-state index contributed by atoms with van der Waals surface area (Å²) in [5, 5.41) is 2.82. The van der Waals surface area contributed by atoms with Crippen LogP contribution in [0.1, 0.15) is 32.1 Å². The van der Waals surface area contributed by atoms with E-state index in [0.29, 0.717) is 30.7 Å². The zero-order valence-electron chi connectivity index (χ0n) is 14.6. The molecule has 0 unspecified atom stereocenters. The molecule has 1 aliphatic heterocycles. The zero-order valence-corrected chi connectivity index (χ0v) is 14.6. The van der Waals surface area contributed by atoms with Crippen molar-refractivity contribution >= 4 is 23.4 Å². The van der Waals surface area contributed by atoms with Gasteiger partial charge in [-0.1, -0.05) is 0 Å². The first-order valence-corrected chi connectivity index (χ1v) is 9.63. The molecule has 1 heterocycles. The number of cyclic esters (lactones) is 1. The highest BCUT2D eigenvalue weighted by atomic mass is 19.1. The Morgan fingerprint density at radius 1 is 1.12 bits per heavy atom.